The molecule has 0 unspecified atom stereocenters. The first kappa shape index (κ1) is 32.9. The van der Waals surface area contributed by atoms with Gasteiger partial charge < -0.3 is 25.0 Å². The molecule has 0 bridgehead atoms. The number of hydrogen-bond acceptors (Lipinski definition) is 7. The van der Waals surface area contributed by atoms with Gasteiger partial charge in [-0.05, 0) is 63.0 Å². The Labute approximate surface area is 277 Å². The van der Waals surface area contributed by atoms with Gasteiger partial charge in [0.25, 0.3) is 0 Å². The second-order valence-corrected chi connectivity index (χ2v) is 12.9. The monoisotopic (exact) mass is 666 g/mol. The Hall–Kier alpha value is -4.52. The van der Waals surface area contributed by atoms with Crippen molar-refractivity contribution in [1.29, 1.82) is 0 Å². The molecule has 1 atom stereocenters. The fourth-order valence-corrected chi connectivity index (χ4v) is 5.22. The van der Waals surface area contributed by atoms with Gasteiger partial charge in [0.2, 0.25) is 0 Å². The van der Waals surface area contributed by atoms with Gasteiger partial charge in [-0.15, -0.1) is 0 Å². The van der Waals surface area contributed by atoms with Gasteiger partial charge >= 0.3 is 12.1 Å². The van der Waals surface area contributed by atoms with Crippen LogP contribution in [0.2, 0.25) is 10.0 Å². The number of benzene rings is 2. The summed E-state index contributed by atoms with van der Waals surface area (Å²) in [6.45, 7) is 7.36. The van der Waals surface area contributed by atoms with Crippen LogP contribution in [-0.4, -0.2) is 75.0 Å². The number of aromatic nitrogens is 3. The molecule has 4 N–H and O–H groups in total. The Kier molecular flexibility index (Phi) is 9.61. The van der Waals surface area contributed by atoms with Gasteiger partial charge in [-0.2, -0.15) is 5.10 Å². The maximum Gasteiger partial charge on any atom is 0.324 e. The lowest BCUT2D eigenvalue weighted by atomic mass is 9.92. The maximum atomic E-state index is 13.1. The molecule has 2 aromatic heterocycles. The van der Waals surface area contributed by atoms with Crippen LogP contribution in [-0.2, 0) is 5.41 Å². The van der Waals surface area contributed by atoms with Gasteiger partial charge in [0.1, 0.15) is 33.9 Å². The van der Waals surface area contributed by atoms with E-state index in [0.29, 0.717) is 42.2 Å². The Bertz CT molecular complexity index is 1740. The molecule has 46 heavy (non-hydrogen) atoms. The zero-order chi connectivity index (χ0) is 33.2. The van der Waals surface area contributed by atoms with Gasteiger partial charge in [0.05, 0.1) is 22.1 Å². The molecule has 14 heteroatoms. The highest BCUT2D eigenvalue weighted by Gasteiger charge is 2.28. The highest BCUT2D eigenvalue weighted by molar-refractivity contribution is 6.45. The summed E-state index contributed by atoms with van der Waals surface area (Å²) < 4.78 is 7.55. The number of phenols is 1. The Morgan fingerprint density at radius 1 is 1.00 bits per heavy atom. The average Bonchev–Trinajstić information content (AvgIpc) is 3.66. The average molecular weight is 668 g/mol. The van der Waals surface area contributed by atoms with Crippen molar-refractivity contribution in [2.45, 2.75) is 38.6 Å². The van der Waals surface area contributed by atoms with E-state index in [0.717, 1.165) is 12.1 Å². The van der Waals surface area contributed by atoms with Crippen molar-refractivity contribution < 1.29 is 19.4 Å². The molecule has 0 radical (unpaired) electrons. The molecule has 5 rings (SSSR count). The number of hydrogen-bond donors (Lipinski definition) is 4. The second-order valence-electron chi connectivity index (χ2n) is 12.2. The SMILES string of the molecule is CN(C)[C@H]1CCN(C(=O)Nc2cc(Oc3ccc(NC(=O)Nc4cc(C(C)(C)C)nn4-c4ccc(O)cc4)c(Cl)c3Cl)ccn2)C1. The van der Waals surface area contributed by atoms with Gasteiger partial charge in [-0.1, -0.05) is 44.0 Å². The van der Waals surface area contributed by atoms with Gasteiger partial charge in [-0.3, -0.25) is 10.6 Å². The van der Waals surface area contributed by atoms with E-state index in [1.54, 1.807) is 64.2 Å². The normalized spacial score (nSPS) is 14.8. The number of phenolic OH excluding ortho intramolecular Hbond substituents is 1. The minimum atomic E-state index is -0.573. The molecule has 0 saturated carbocycles. The van der Waals surface area contributed by atoms with Crippen molar-refractivity contribution >= 4 is 52.6 Å². The van der Waals surface area contributed by atoms with Crippen molar-refractivity contribution in [3.8, 4) is 22.9 Å². The van der Waals surface area contributed by atoms with Gasteiger partial charge in [0.15, 0.2) is 0 Å². The molecule has 12 nitrogen and oxygen atoms in total. The molecule has 1 aliphatic heterocycles. The number of ether oxygens (including phenoxy) is 1. The lowest BCUT2D eigenvalue weighted by molar-refractivity contribution is 0.216. The molecule has 242 valence electrons. The van der Waals surface area contributed by atoms with Gasteiger partial charge in [0, 0.05) is 42.9 Å². The number of anilines is 3. The first-order valence-corrected chi connectivity index (χ1v) is 15.4. The Morgan fingerprint density at radius 3 is 2.41 bits per heavy atom. The maximum absolute atomic E-state index is 13.1. The third-order valence-electron chi connectivity index (χ3n) is 7.48. The standard InChI is InChI=1S/C32H36Cl2N8O4/c1-32(2,3)25-17-27(42(39-25)19-6-8-21(43)9-7-19)38-30(44)36-23-10-11-24(29(34)28(23)33)46-22-12-14-35-26(16-22)37-31(45)41-15-13-20(18-41)40(4)5/h6-12,14,16-17,20,43H,13,15,18H2,1-5H3,(H,35,37,45)(H2,36,38,44)/t20-/m0/s1. The minimum Gasteiger partial charge on any atom is -0.508 e. The molecule has 2 aromatic carbocycles. The fraction of sp³-hybridized carbons (Fsp3) is 0.312. The van der Waals surface area contributed by atoms with E-state index in [9.17, 15) is 14.7 Å². The quantitative estimate of drug-likeness (QED) is 0.164. The molecule has 0 spiro atoms. The van der Waals surface area contributed by atoms with Crippen molar-refractivity contribution in [3.63, 3.8) is 0 Å². The van der Waals surface area contributed by atoms with E-state index < -0.39 is 6.03 Å². The Morgan fingerprint density at radius 2 is 1.74 bits per heavy atom. The van der Waals surface area contributed by atoms with Crippen LogP contribution in [0.15, 0.2) is 60.8 Å². The number of aromatic hydroxyl groups is 1. The molecule has 0 aliphatic carbocycles. The second kappa shape index (κ2) is 13.5. The number of urea groups is 2. The van der Waals surface area contributed by atoms with Crippen LogP contribution in [0.3, 0.4) is 0 Å². The van der Waals surface area contributed by atoms with Crippen molar-refractivity contribution in [2.24, 2.45) is 0 Å². The van der Waals surface area contributed by atoms with Crippen LogP contribution >= 0.6 is 23.2 Å². The largest absolute Gasteiger partial charge is 0.508 e. The van der Waals surface area contributed by atoms with Crippen LogP contribution in [0, 0.1) is 0 Å². The number of carbonyl (C=O) groups is 2. The predicted octanol–water partition coefficient (Wildman–Crippen LogP) is 7.18. The summed E-state index contributed by atoms with van der Waals surface area (Å²) in [5.41, 5.74) is 1.38. The van der Waals surface area contributed by atoms with E-state index in [4.69, 9.17) is 27.9 Å². The van der Waals surface area contributed by atoms with Crippen molar-refractivity contribution in [1.82, 2.24) is 24.6 Å². The molecular weight excluding hydrogens is 631 g/mol. The molecule has 1 aliphatic rings. The summed E-state index contributed by atoms with van der Waals surface area (Å²) in [5, 5.41) is 22.9. The fourth-order valence-electron chi connectivity index (χ4n) is 4.81. The van der Waals surface area contributed by atoms with E-state index in [1.807, 2.05) is 34.9 Å². The zero-order valence-corrected chi connectivity index (χ0v) is 27.6. The smallest absolute Gasteiger partial charge is 0.324 e. The molecule has 3 heterocycles. The number of amides is 4. The summed E-state index contributed by atoms with van der Waals surface area (Å²) in [4.78, 5) is 34.0. The van der Waals surface area contributed by atoms with E-state index in [2.05, 4.69) is 30.9 Å². The summed E-state index contributed by atoms with van der Waals surface area (Å²) >= 11 is 13.1. The van der Waals surface area contributed by atoms with Crippen LogP contribution < -0.4 is 20.7 Å². The summed E-state index contributed by atoms with van der Waals surface area (Å²) in [7, 11) is 4.01. The number of carbonyl (C=O) groups excluding carboxylic acids is 2. The minimum absolute atomic E-state index is 0.0730. The van der Waals surface area contributed by atoms with Crippen LogP contribution in [0.1, 0.15) is 32.9 Å². The van der Waals surface area contributed by atoms with Crippen molar-refractivity contribution in [2.75, 3.05) is 43.1 Å². The summed E-state index contributed by atoms with van der Waals surface area (Å²) in [5.74, 6) is 1.48. The number of nitrogens with zero attached hydrogens (tertiary/aromatic N) is 5. The number of halogens is 2. The summed E-state index contributed by atoms with van der Waals surface area (Å²) in [6, 6.07) is 14.1. The molecule has 1 saturated heterocycles. The Balaban J connectivity index is 1.26. The third kappa shape index (κ3) is 7.64. The number of likely N-dealkylation sites (tertiary alicyclic amines) is 1. The number of nitrogens with one attached hydrogen (secondary N) is 3. The van der Waals surface area contributed by atoms with E-state index in [-0.39, 0.29) is 38.7 Å². The van der Waals surface area contributed by atoms with Crippen LogP contribution in [0.25, 0.3) is 5.69 Å². The summed E-state index contributed by atoms with van der Waals surface area (Å²) in [6.07, 6.45) is 2.42. The first-order chi connectivity index (χ1) is 21.8. The number of pyridine rings is 1. The topological polar surface area (TPSA) is 137 Å². The molecule has 4 aromatic rings. The predicted molar refractivity (Wildman–Crippen MR) is 180 cm³/mol. The lowest BCUT2D eigenvalue weighted by Gasteiger charge is -2.20. The number of rotatable bonds is 7. The van der Waals surface area contributed by atoms with Crippen LogP contribution in [0.4, 0.5) is 26.9 Å². The van der Waals surface area contributed by atoms with E-state index in [1.165, 1.54) is 6.20 Å². The first-order valence-electron chi connectivity index (χ1n) is 14.6. The molecule has 4 amide bonds. The number of likely N-dealkylation sites (N-methyl/N-ethyl adjacent to an activating group) is 1. The van der Waals surface area contributed by atoms with Crippen molar-refractivity contribution in [3.05, 3.63) is 76.5 Å². The highest BCUT2D eigenvalue weighted by atomic mass is 35.5. The highest BCUT2D eigenvalue weighted by Crippen LogP contribution is 2.40. The van der Waals surface area contributed by atoms with E-state index >= 15 is 0 Å². The zero-order valence-electron chi connectivity index (χ0n) is 26.1. The molecule has 1 fully saturated rings. The molecular formula is C32H36Cl2N8O4. The van der Waals surface area contributed by atoms with Crippen LogP contribution in [0.5, 0.6) is 17.2 Å². The third-order valence-corrected chi connectivity index (χ3v) is 8.35. The lowest BCUT2D eigenvalue weighted by Crippen LogP contribution is -2.36. The van der Waals surface area contributed by atoms with Gasteiger partial charge in [-0.25, -0.2) is 19.3 Å².